The second-order valence-electron chi connectivity index (χ2n) is 41.3. The summed E-state index contributed by atoms with van der Waals surface area (Å²) < 4.78 is 94.9. The summed E-state index contributed by atoms with van der Waals surface area (Å²) in [5.41, 5.74) is 26.8. The molecule has 0 amide bonds. The Kier molecular flexibility index (Phi) is 35.3. The monoisotopic (exact) mass is 2340 g/mol. The van der Waals surface area contributed by atoms with Crippen molar-refractivity contribution in [2.24, 2.45) is 0 Å². The third-order valence-corrected chi connectivity index (χ3v) is 28.5. The van der Waals surface area contributed by atoms with Crippen LogP contribution in [0.5, 0.6) is 46.0 Å². The van der Waals surface area contributed by atoms with E-state index in [-0.39, 0.29) is 131 Å². The summed E-state index contributed by atoms with van der Waals surface area (Å²) in [6.07, 6.45) is 0.834. The van der Waals surface area contributed by atoms with E-state index in [0.717, 1.165) is 115 Å². The summed E-state index contributed by atoms with van der Waals surface area (Å²) >= 11 is 0. The zero-order chi connectivity index (χ0) is 102. The number of aromatic hydroxyl groups is 4. The quantitative estimate of drug-likeness (QED) is 0.0173. The number of fused-ring (bicyclic) bond motifs is 12. The Hall–Kier alpha value is -13.4. The molecule has 0 fully saturated rings. The first-order chi connectivity index (χ1) is 69.0. The summed E-state index contributed by atoms with van der Waals surface area (Å²) in [5.74, 6) is 2.20. The average molecular weight is 2340 g/mol. The van der Waals surface area contributed by atoms with Gasteiger partial charge in [-0.05, 0) is 356 Å². The van der Waals surface area contributed by atoms with E-state index < -0.39 is 23.3 Å². The summed E-state index contributed by atoms with van der Waals surface area (Å²) in [4.78, 5) is 0. The van der Waals surface area contributed by atoms with E-state index in [4.69, 9.17) is 18.9 Å². The van der Waals surface area contributed by atoms with E-state index in [1.54, 1.807) is 24.3 Å². The topological polar surface area (TPSA) is 138 Å². The van der Waals surface area contributed by atoms with Crippen molar-refractivity contribution < 1.29 is 109 Å². The predicted octanol–water partition coefficient (Wildman–Crippen LogP) is 36.7. The first kappa shape index (κ1) is 114. The van der Waals surface area contributed by atoms with Gasteiger partial charge in [0, 0.05) is 152 Å². The van der Waals surface area contributed by atoms with Crippen LogP contribution in [0.2, 0.25) is 0 Å². The fourth-order valence-corrected chi connectivity index (χ4v) is 20.6. The van der Waals surface area contributed by atoms with Crippen molar-refractivity contribution >= 4 is 87.2 Å². The Bertz CT molecular complexity index is 8020. The third-order valence-electron chi connectivity index (χ3n) is 28.5. The molecule has 0 unspecified atom stereocenters. The standard InChI is InChI=1S/C65H64F2N2O4.C63H60F2N2O4.4CH3.2Hf/c1-36(2)42-12-18-56-48(30-42)49-31-43(37(3)4)13-19-57(49)68(56)60-28-40(9)26-54(64(60)70)52-34-46(66)16-22-62(52)72-24-11-25-73-63-23-17-47(67)35-53(63)55-27-41(10)29-61(65(55)71)69-58-20-14-44(38(5)6)32-50(58)51-33-45(39(7)8)15-21-59(51)69;1-35(2)41-12-18-55-47(30-41)46-25-38(7)11-17-54(46)66(55)58-28-39(8)26-52(62(58)68)50-33-44(64)15-21-60(50)70-23-10-24-71-61-22-16-45(65)34-51(61)53-27-40(9)29-59(63(53)69)67-56-19-13-42(36(3)4)31-48(56)49-32-43(37(5)6)14-20-57(49)67;;;;;;/h12-23,26-39,70-71H,11,24-25H2,1-10H3;11-22,25-37,68-69H,10,23-24H2,1-9H3;4*1H3;;/q;;4*-1;;. The van der Waals surface area contributed by atoms with Crippen LogP contribution >= 0.6 is 0 Å². The van der Waals surface area contributed by atoms with E-state index in [1.807, 2.05) is 76.2 Å². The molecule has 772 valence electrons. The summed E-state index contributed by atoms with van der Waals surface area (Å²) in [6.45, 7) is 41.4. The maximum absolute atomic E-state index is 15.3. The van der Waals surface area contributed by atoms with Gasteiger partial charge in [-0.15, -0.1) is 0 Å². The first-order valence-corrected chi connectivity index (χ1v) is 50.4. The van der Waals surface area contributed by atoms with Crippen LogP contribution in [0.3, 0.4) is 0 Å². The Morgan fingerprint density at radius 2 is 0.380 bits per heavy atom. The molecule has 0 aliphatic carbocycles. The smallest absolute Gasteiger partial charge is 0.147 e. The second-order valence-corrected chi connectivity index (χ2v) is 41.3. The Morgan fingerprint density at radius 3 is 0.560 bits per heavy atom. The molecule has 18 heteroatoms. The SMILES string of the molecule is Cc1cc(-c2cc(F)ccc2OCCCOc2ccc(F)cc2-c2cc(C)cc(-n3c4ccc(C(C)C)cc4c4cc(C(C)C)ccc43)c2O)c(O)c(-n2c3ccc(C(C)C)cc3c3cc(C(C)C)ccc32)c1.Cc1cc(-c2cc(F)ccc2OCCCOc2ccc(F)cc2-c2cc(C)cc(-n3c4ccc(C(C)C)cc4c4cc(C(C)C)ccc43)c2O)c(O)c(-n2c3ccc(C)cc3c3cc(C(C)C)ccc32)c1.[CH3-].[CH3-].[CH3-].[CH3-].[Hf].[Hf]. The minimum atomic E-state index is -0.461. The fourth-order valence-electron chi connectivity index (χ4n) is 20.6. The third kappa shape index (κ3) is 22.0. The van der Waals surface area contributed by atoms with Crippen molar-refractivity contribution in [3.63, 3.8) is 0 Å². The van der Waals surface area contributed by atoms with Crippen LogP contribution in [0.25, 0.3) is 154 Å². The minimum absolute atomic E-state index is 0. The number of aromatic nitrogens is 4. The maximum atomic E-state index is 15.3. The first-order valence-electron chi connectivity index (χ1n) is 50.4. The van der Waals surface area contributed by atoms with E-state index in [9.17, 15) is 20.4 Å². The molecule has 4 heterocycles. The van der Waals surface area contributed by atoms with Crippen molar-refractivity contribution in [2.75, 3.05) is 26.4 Å². The molecule has 16 aromatic carbocycles. The number of phenolic OH excluding ortho intramolecular Hbond substituents is 4. The molecular formula is C132H136F4Hf2N4O8-4. The van der Waals surface area contributed by atoms with Crippen LogP contribution < -0.4 is 18.9 Å². The largest absolute Gasteiger partial charge is 0.505 e. The fraction of sp³-hybridized carbons (Fsp3) is 0.242. The van der Waals surface area contributed by atoms with Crippen LogP contribution in [0.4, 0.5) is 17.6 Å². The molecule has 20 rings (SSSR count). The molecule has 12 nitrogen and oxygen atoms in total. The minimum Gasteiger partial charge on any atom is -0.505 e. The van der Waals surface area contributed by atoms with E-state index in [1.165, 1.54) is 87.5 Å². The van der Waals surface area contributed by atoms with E-state index in [2.05, 4.69) is 268 Å². The van der Waals surface area contributed by atoms with Crippen molar-refractivity contribution in [3.8, 4) is 113 Å². The molecule has 0 saturated carbocycles. The molecule has 4 aromatic heterocycles. The van der Waals surface area contributed by atoms with E-state index in [0.29, 0.717) is 145 Å². The number of aryl methyl sites for hydroxylation is 5. The molecule has 0 bridgehead atoms. The van der Waals surface area contributed by atoms with Crippen LogP contribution in [-0.2, 0) is 51.7 Å². The molecule has 0 aliphatic heterocycles. The normalized spacial score (nSPS) is 11.5. The Balaban J connectivity index is 0.000000240. The van der Waals surface area contributed by atoms with Crippen LogP contribution in [0, 0.1) is 87.6 Å². The Labute approximate surface area is 918 Å². The van der Waals surface area contributed by atoms with Gasteiger partial charge in [0.2, 0.25) is 0 Å². The maximum Gasteiger partial charge on any atom is 0.147 e. The molecule has 4 N–H and O–H groups in total. The molecule has 150 heavy (non-hydrogen) atoms. The number of hydrogen-bond acceptors (Lipinski definition) is 8. The molecule has 0 aliphatic rings. The second kappa shape index (κ2) is 46.6. The van der Waals surface area contributed by atoms with Gasteiger partial charge in [0.05, 0.1) is 93.3 Å². The molecule has 0 atom stereocenters. The number of halogens is 4. The molecule has 0 radical (unpaired) electrons. The van der Waals surface area contributed by atoms with Crippen molar-refractivity contribution in [3.05, 3.63) is 387 Å². The van der Waals surface area contributed by atoms with Gasteiger partial charge in [0.25, 0.3) is 0 Å². The van der Waals surface area contributed by atoms with Gasteiger partial charge >= 0.3 is 0 Å². The van der Waals surface area contributed by atoms with Crippen molar-refractivity contribution in [1.82, 2.24) is 18.3 Å². The molecule has 0 spiro atoms. The number of nitrogens with zero attached hydrogens (tertiary/aromatic N) is 4. The number of rotatable bonds is 27. The Morgan fingerprint density at radius 1 is 0.207 bits per heavy atom. The number of ether oxygens (including phenoxy) is 4. The van der Waals surface area contributed by atoms with Gasteiger partial charge in [0.15, 0.2) is 0 Å². The summed E-state index contributed by atoms with van der Waals surface area (Å²) in [5, 5.41) is 58.0. The zero-order valence-corrected chi connectivity index (χ0v) is 97.6. The zero-order valence-electron chi connectivity index (χ0n) is 90.4. The van der Waals surface area contributed by atoms with Crippen LogP contribution in [0.15, 0.2) is 267 Å². The van der Waals surface area contributed by atoms with Gasteiger partial charge in [-0.1, -0.05) is 151 Å². The van der Waals surface area contributed by atoms with Gasteiger partial charge in [-0.25, -0.2) is 17.6 Å². The molecule has 0 saturated heterocycles. The number of phenols is 4. The van der Waals surface area contributed by atoms with Crippen LogP contribution in [-0.4, -0.2) is 65.1 Å². The number of hydrogen-bond donors (Lipinski definition) is 4. The molecular weight excluding hydrogens is 2200 g/mol. The van der Waals surface area contributed by atoms with E-state index >= 15 is 17.6 Å². The van der Waals surface area contributed by atoms with Gasteiger partial charge in [-0.2, -0.15) is 0 Å². The van der Waals surface area contributed by atoms with Gasteiger partial charge in [-0.3, -0.25) is 0 Å². The van der Waals surface area contributed by atoms with Crippen molar-refractivity contribution in [2.45, 2.75) is 186 Å². The molecule has 20 aromatic rings. The van der Waals surface area contributed by atoms with Crippen molar-refractivity contribution in [1.29, 1.82) is 0 Å². The summed E-state index contributed by atoms with van der Waals surface area (Å²) in [6, 6.07) is 84.8. The van der Waals surface area contributed by atoms with Crippen LogP contribution in [0.1, 0.15) is 218 Å². The van der Waals surface area contributed by atoms with Gasteiger partial charge in [0.1, 0.15) is 69.3 Å². The average Bonchev–Trinajstić information content (AvgIpc) is 1.58. The van der Waals surface area contributed by atoms with Gasteiger partial charge < -0.3 is 87.3 Å². The summed E-state index contributed by atoms with van der Waals surface area (Å²) in [7, 11) is 0. The number of benzene rings is 16. The predicted molar refractivity (Wildman–Crippen MR) is 611 cm³/mol.